The Morgan fingerprint density at radius 2 is 1.89 bits per heavy atom. The van der Waals surface area contributed by atoms with Crippen molar-refractivity contribution in [3.63, 3.8) is 0 Å². The molecule has 5 nitrogen and oxygen atoms in total. The van der Waals surface area contributed by atoms with Crippen molar-refractivity contribution in [1.29, 1.82) is 0 Å². The highest BCUT2D eigenvalue weighted by Crippen LogP contribution is 2.20. The molecule has 18 heavy (non-hydrogen) atoms. The number of phenols is 1. The third-order valence-corrected chi connectivity index (χ3v) is 2.45. The summed E-state index contributed by atoms with van der Waals surface area (Å²) in [7, 11) is 0. The van der Waals surface area contributed by atoms with Gasteiger partial charge in [0.1, 0.15) is 5.75 Å². The number of ether oxygens (including phenoxy) is 1. The van der Waals surface area contributed by atoms with Crippen LogP contribution in [0.15, 0.2) is 24.3 Å². The molecular weight excluding hydrogens is 236 g/mol. The Morgan fingerprint density at radius 3 is 2.39 bits per heavy atom. The van der Waals surface area contributed by atoms with Gasteiger partial charge in [0, 0.05) is 0 Å². The third-order valence-electron chi connectivity index (χ3n) is 2.45. The lowest BCUT2D eigenvalue weighted by atomic mass is 9.99. The molecule has 5 heteroatoms. The Hall–Kier alpha value is -2.04. The van der Waals surface area contributed by atoms with Crippen molar-refractivity contribution in [3.8, 4) is 5.75 Å². The predicted molar refractivity (Wildman–Crippen MR) is 64.4 cm³/mol. The summed E-state index contributed by atoms with van der Waals surface area (Å²) in [6.07, 6.45) is 1.57. The van der Waals surface area contributed by atoms with Gasteiger partial charge in [-0.15, -0.1) is 0 Å². The maximum atomic E-state index is 11.7. The lowest BCUT2D eigenvalue weighted by Crippen LogP contribution is -2.24. The van der Waals surface area contributed by atoms with Gasteiger partial charge in [0.2, 0.25) is 0 Å². The van der Waals surface area contributed by atoms with E-state index in [9.17, 15) is 9.59 Å². The van der Waals surface area contributed by atoms with Crippen LogP contribution in [0.25, 0.3) is 0 Å². The first kappa shape index (κ1) is 14.0. The number of phenolic OH excluding ortho intramolecular Hbond substituents is 1. The molecule has 1 aromatic rings. The number of benzene rings is 1. The topological polar surface area (TPSA) is 83.8 Å². The SMILES string of the molecule is CCCCOC(=O)C(C(=O)O)c1ccc(O)cc1. The lowest BCUT2D eigenvalue weighted by molar-refractivity contribution is -0.154. The molecule has 2 N–H and O–H groups in total. The van der Waals surface area contributed by atoms with Crippen LogP contribution >= 0.6 is 0 Å². The number of carboxylic acid groups (broad SMARTS) is 1. The van der Waals surface area contributed by atoms with Gasteiger partial charge in [0.05, 0.1) is 6.61 Å². The predicted octanol–water partition coefficient (Wildman–Crippen LogP) is 1.90. The minimum Gasteiger partial charge on any atom is -0.508 e. The number of esters is 1. The average Bonchev–Trinajstić information content (AvgIpc) is 2.32. The molecule has 1 atom stereocenters. The number of unbranched alkanes of at least 4 members (excludes halogenated alkanes) is 1. The van der Waals surface area contributed by atoms with Gasteiger partial charge in [-0.1, -0.05) is 25.5 Å². The first-order valence-corrected chi connectivity index (χ1v) is 5.74. The highest BCUT2D eigenvalue weighted by molar-refractivity contribution is 5.99. The zero-order valence-electron chi connectivity index (χ0n) is 10.1. The van der Waals surface area contributed by atoms with Gasteiger partial charge in [-0.3, -0.25) is 9.59 Å². The maximum Gasteiger partial charge on any atom is 0.324 e. The standard InChI is InChI=1S/C13H16O5/c1-2-3-8-18-13(17)11(12(15)16)9-4-6-10(14)7-5-9/h4-7,11,14H,2-3,8H2,1H3,(H,15,16). The van der Waals surface area contributed by atoms with Gasteiger partial charge < -0.3 is 14.9 Å². The van der Waals surface area contributed by atoms with Crippen LogP contribution in [-0.4, -0.2) is 28.8 Å². The highest BCUT2D eigenvalue weighted by Gasteiger charge is 2.29. The van der Waals surface area contributed by atoms with Crippen molar-refractivity contribution >= 4 is 11.9 Å². The molecule has 0 saturated heterocycles. The van der Waals surface area contributed by atoms with Gasteiger partial charge >= 0.3 is 11.9 Å². The summed E-state index contributed by atoms with van der Waals surface area (Å²) in [5, 5.41) is 18.2. The summed E-state index contributed by atoms with van der Waals surface area (Å²) in [6, 6.07) is 5.47. The number of rotatable bonds is 6. The molecule has 0 aliphatic rings. The molecule has 0 aromatic heterocycles. The third kappa shape index (κ3) is 3.76. The van der Waals surface area contributed by atoms with E-state index < -0.39 is 17.9 Å². The summed E-state index contributed by atoms with van der Waals surface area (Å²) in [6.45, 7) is 2.17. The van der Waals surface area contributed by atoms with Crippen LogP contribution in [0.2, 0.25) is 0 Å². The van der Waals surface area contributed by atoms with E-state index in [0.717, 1.165) is 6.42 Å². The number of aromatic hydroxyl groups is 1. The molecular formula is C13H16O5. The number of hydrogen-bond acceptors (Lipinski definition) is 4. The normalized spacial score (nSPS) is 11.8. The fourth-order valence-corrected chi connectivity index (χ4v) is 1.45. The molecule has 98 valence electrons. The lowest BCUT2D eigenvalue weighted by Gasteiger charge is -2.12. The number of aliphatic carboxylic acids is 1. The van der Waals surface area contributed by atoms with Crippen LogP contribution in [0.3, 0.4) is 0 Å². The Morgan fingerprint density at radius 1 is 1.28 bits per heavy atom. The van der Waals surface area contributed by atoms with Crippen LogP contribution < -0.4 is 0 Å². The van der Waals surface area contributed by atoms with Crippen molar-refractivity contribution in [2.75, 3.05) is 6.61 Å². The summed E-state index contributed by atoms with van der Waals surface area (Å²) in [4.78, 5) is 22.8. The summed E-state index contributed by atoms with van der Waals surface area (Å²) >= 11 is 0. The first-order valence-electron chi connectivity index (χ1n) is 5.74. The minimum absolute atomic E-state index is 0.0160. The van der Waals surface area contributed by atoms with E-state index >= 15 is 0 Å². The fraction of sp³-hybridized carbons (Fsp3) is 0.385. The van der Waals surface area contributed by atoms with E-state index in [1.807, 2.05) is 6.92 Å². The molecule has 0 heterocycles. The molecule has 1 rings (SSSR count). The Kier molecular flexibility index (Phi) is 5.17. The maximum absolute atomic E-state index is 11.7. The van der Waals surface area contributed by atoms with Gasteiger partial charge in [-0.25, -0.2) is 0 Å². The largest absolute Gasteiger partial charge is 0.508 e. The minimum atomic E-state index is -1.34. The van der Waals surface area contributed by atoms with E-state index in [1.54, 1.807) is 0 Å². The van der Waals surface area contributed by atoms with Gasteiger partial charge in [-0.05, 0) is 24.1 Å². The fourth-order valence-electron chi connectivity index (χ4n) is 1.45. The number of hydrogen-bond donors (Lipinski definition) is 2. The van der Waals surface area contributed by atoms with Crippen molar-refractivity contribution in [3.05, 3.63) is 29.8 Å². The van der Waals surface area contributed by atoms with E-state index in [1.165, 1.54) is 24.3 Å². The number of carbonyl (C=O) groups is 2. The van der Waals surface area contributed by atoms with Gasteiger partial charge in [-0.2, -0.15) is 0 Å². The van der Waals surface area contributed by atoms with Crippen molar-refractivity contribution in [2.45, 2.75) is 25.7 Å². The zero-order chi connectivity index (χ0) is 13.5. The van der Waals surface area contributed by atoms with E-state index in [2.05, 4.69) is 0 Å². The molecule has 1 unspecified atom stereocenters. The molecule has 0 bridgehead atoms. The second-order valence-corrected chi connectivity index (χ2v) is 3.88. The van der Waals surface area contributed by atoms with Crippen molar-refractivity contribution in [1.82, 2.24) is 0 Å². The summed E-state index contributed by atoms with van der Waals surface area (Å²) in [5.74, 6) is -3.37. The van der Waals surface area contributed by atoms with Crippen LogP contribution in [0.5, 0.6) is 5.75 Å². The molecule has 0 fully saturated rings. The summed E-state index contributed by atoms with van der Waals surface area (Å²) < 4.78 is 4.91. The van der Waals surface area contributed by atoms with Gasteiger partial charge in [0.25, 0.3) is 0 Å². The van der Waals surface area contributed by atoms with E-state index in [-0.39, 0.29) is 12.4 Å². The van der Waals surface area contributed by atoms with Crippen LogP contribution in [-0.2, 0) is 14.3 Å². The van der Waals surface area contributed by atoms with Crippen molar-refractivity contribution < 1.29 is 24.5 Å². The molecule has 0 spiro atoms. The second kappa shape index (κ2) is 6.64. The smallest absolute Gasteiger partial charge is 0.324 e. The molecule has 0 saturated carbocycles. The van der Waals surface area contributed by atoms with Crippen LogP contribution in [0.4, 0.5) is 0 Å². The Labute approximate surface area is 105 Å². The zero-order valence-corrected chi connectivity index (χ0v) is 10.1. The van der Waals surface area contributed by atoms with Gasteiger partial charge in [0.15, 0.2) is 5.92 Å². The van der Waals surface area contributed by atoms with Crippen LogP contribution in [0.1, 0.15) is 31.2 Å². The molecule has 1 aromatic carbocycles. The average molecular weight is 252 g/mol. The Balaban J connectivity index is 2.79. The molecule has 0 aliphatic heterocycles. The highest BCUT2D eigenvalue weighted by atomic mass is 16.5. The van der Waals surface area contributed by atoms with Crippen molar-refractivity contribution in [2.24, 2.45) is 0 Å². The number of carboxylic acids is 1. The molecule has 0 aliphatic carbocycles. The molecule has 0 radical (unpaired) electrons. The van der Waals surface area contributed by atoms with E-state index in [0.29, 0.717) is 12.0 Å². The quantitative estimate of drug-likeness (QED) is 0.459. The first-order chi connectivity index (χ1) is 8.56. The monoisotopic (exact) mass is 252 g/mol. The second-order valence-electron chi connectivity index (χ2n) is 3.88. The van der Waals surface area contributed by atoms with E-state index in [4.69, 9.17) is 14.9 Å². The number of carbonyl (C=O) groups excluding carboxylic acids is 1. The van der Waals surface area contributed by atoms with Crippen LogP contribution in [0, 0.1) is 0 Å². The Bertz CT molecular complexity index is 410. The summed E-state index contributed by atoms with van der Waals surface area (Å²) in [5.41, 5.74) is 0.293. The molecule has 0 amide bonds.